The number of allylic oxidation sites excluding steroid dienone is 3. The van der Waals surface area contributed by atoms with Gasteiger partial charge in [-0.25, -0.2) is 8.78 Å². The number of alkyl halides is 5. The standard InChI is InChI=1S/C25H27F5N2O2/c1-15-14-23(2,11-9-19(15)22(34)31-18-7-8-18)12-10-20(33)32-21(24(3,26)27)16-5-4-6-17(13-16)25(28,29)30/h4-6,9-13,18,21H,7-8,14H2,1-3H3,(H,31,34)(H,32,33)/b12-10+. The fourth-order valence-corrected chi connectivity index (χ4v) is 3.87. The average molecular weight is 482 g/mol. The van der Waals surface area contributed by atoms with Crippen molar-refractivity contribution in [1.82, 2.24) is 10.6 Å². The van der Waals surface area contributed by atoms with Crippen LogP contribution in [0.3, 0.4) is 0 Å². The predicted molar refractivity (Wildman–Crippen MR) is 118 cm³/mol. The van der Waals surface area contributed by atoms with Crippen LogP contribution in [0.25, 0.3) is 0 Å². The second-order valence-corrected chi connectivity index (χ2v) is 9.31. The van der Waals surface area contributed by atoms with Gasteiger partial charge in [0.05, 0.1) is 5.56 Å². The van der Waals surface area contributed by atoms with Crippen LogP contribution in [0, 0.1) is 5.41 Å². The zero-order chi connectivity index (χ0) is 25.3. The number of hydrogen-bond donors (Lipinski definition) is 2. The third-order valence-electron chi connectivity index (χ3n) is 5.85. The van der Waals surface area contributed by atoms with Gasteiger partial charge in [-0.3, -0.25) is 9.59 Å². The highest BCUT2D eigenvalue weighted by molar-refractivity contribution is 5.97. The lowest BCUT2D eigenvalue weighted by atomic mass is 9.77. The first-order valence-electron chi connectivity index (χ1n) is 10.9. The van der Waals surface area contributed by atoms with E-state index in [1.54, 1.807) is 12.2 Å². The number of amides is 2. The molecule has 1 aromatic rings. The zero-order valence-corrected chi connectivity index (χ0v) is 19.1. The topological polar surface area (TPSA) is 58.2 Å². The third-order valence-corrected chi connectivity index (χ3v) is 5.85. The van der Waals surface area contributed by atoms with E-state index in [1.807, 2.05) is 13.8 Å². The van der Waals surface area contributed by atoms with Gasteiger partial charge in [0.15, 0.2) is 0 Å². The third kappa shape index (κ3) is 6.55. The number of hydrogen-bond acceptors (Lipinski definition) is 2. The van der Waals surface area contributed by atoms with E-state index in [-0.39, 0.29) is 17.5 Å². The van der Waals surface area contributed by atoms with E-state index in [4.69, 9.17) is 0 Å². The Morgan fingerprint density at radius 1 is 1.18 bits per heavy atom. The van der Waals surface area contributed by atoms with Crippen LogP contribution in [0.5, 0.6) is 0 Å². The number of nitrogens with one attached hydrogen (secondary N) is 2. The van der Waals surface area contributed by atoms with E-state index in [0.29, 0.717) is 25.0 Å². The molecule has 34 heavy (non-hydrogen) atoms. The number of benzene rings is 1. The van der Waals surface area contributed by atoms with E-state index in [0.717, 1.165) is 42.7 Å². The SMILES string of the molecule is CC1=C(C(=O)NC2CC2)C=CC(C)(/C=C/C(=O)NC(c2cccc(C(F)(F)F)c2)C(C)(F)F)C1. The summed E-state index contributed by atoms with van der Waals surface area (Å²) in [6.45, 7) is 4.18. The minimum atomic E-state index is -4.70. The highest BCUT2D eigenvalue weighted by atomic mass is 19.4. The lowest BCUT2D eigenvalue weighted by Gasteiger charge is -2.28. The molecular weight excluding hydrogens is 455 g/mol. The van der Waals surface area contributed by atoms with Gasteiger partial charge < -0.3 is 10.6 Å². The summed E-state index contributed by atoms with van der Waals surface area (Å²) < 4.78 is 67.5. The van der Waals surface area contributed by atoms with Crippen LogP contribution >= 0.6 is 0 Å². The second kappa shape index (κ2) is 9.35. The molecule has 0 heterocycles. The van der Waals surface area contributed by atoms with Crippen molar-refractivity contribution in [3.63, 3.8) is 0 Å². The van der Waals surface area contributed by atoms with Gasteiger partial charge in [0.25, 0.3) is 11.8 Å². The molecule has 9 heteroatoms. The molecule has 4 nitrogen and oxygen atoms in total. The van der Waals surface area contributed by atoms with Gasteiger partial charge in [-0.15, -0.1) is 0 Å². The van der Waals surface area contributed by atoms with Crippen LogP contribution in [0.4, 0.5) is 22.0 Å². The van der Waals surface area contributed by atoms with Crippen molar-refractivity contribution < 1.29 is 31.5 Å². The summed E-state index contributed by atoms with van der Waals surface area (Å²) in [5.74, 6) is -4.52. The fraction of sp³-hybridized carbons (Fsp3) is 0.440. The minimum Gasteiger partial charge on any atom is -0.349 e. The van der Waals surface area contributed by atoms with Crippen molar-refractivity contribution in [1.29, 1.82) is 0 Å². The quantitative estimate of drug-likeness (QED) is 0.391. The normalized spacial score (nSPS) is 22.1. The van der Waals surface area contributed by atoms with Crippen LogP contribution in [-0.4, -0.2) is 23.8 Å². The van der Waals surface area contributed by atoms with E-state index in [9.17, 15) is 31.5 Å². The van der Waals surface area contributed by atoms with Crippen LogP contribution in [0.15, 0.2) is 59.7 Å². The first-order valence-corrected chi connectivity index (χ1v) is 10.9. The molecule has 2 aliphatic carbocycles. The van der Waals surface area contributed by atoms with Gasteiger partial charge in [0.2, 0.25) is 5.91 Å². The molecule has 2 amide bonds. The molecule has 0 radical (unpaired) electrons. The Bertz CT molecular complexity index is 1050. The molecule has 0 saturated heterocycles. The van der Waals surface area contributed by atoms with Gasteiger partial charge in [-0.05, 0) is 50.0 Å². The number of carbonyl (C=O) groups excluding carboxylic acids is 2. The number of halogens is 5. The lowest BCUT2D eigenvalue weighted by Crippen LogP contribution is -2.38. The molecule has 0 aliphatic heterocycles. The molecule has 2 atom stereocenters. The molecular formula is C25H27F5N2O2. The molecule has 2 unspecified atom stereocenters. The monoisotopic (exact) mass is 482 g/mol. The smallest absolute Gasteiger partial charge is 0.349 e. The minimum absolute atomic E-state index is 0.144. The molecule has 1 saturated carbocycles. The Kier molecular flexibility index (Phi) is 7.05. The maximum absolute atomic E-state index is 14.2. The summed E-state index contributed by atoms with van der Waals surface area (Å²) in [5.41, 5.74) is -0.663. The van der Waals surface area contributed by atoms with Crippen molar-refractivity contribution >= 4 is 11.8 Å². The number of rotatable bonds is 7. The van der Waals surface area contributed by atoms with Crippen LogP contribution in [0.1, 0.15) is 57.2 Å². The molecule has 1 aromatic carbocycles. The average Bonchev–Trinajstić information content (AvgIpc) is 3.53. The molecule has 1 fully saturated rings. The van der Waals surface area contributed by atoms with Crippen molar-refractivity contribution in [2.24, 2.45) is 5.41 Å². The van der Waals surface area contributed by atoms with Gasteiger partial charge in [0, 0.05) is 24.0 Å². The Labute approximate surface area is 195 Å². The van der Waals surface area contributed by atoms with Crippen molar-refractivity contribution in [2.45, 2.75) is 64.2 Å². The maximum atomic E-state index is 14.2. The maximum Gasteiger partial charge on any atom is 0.416 e. The van der Waals surface area contributed by atoms with E-state index in [1.165, 1.54) is 6.08 Å². The zero-order valence-electron chi connectivity index (χ0n) is 19.1. The summed E-state index contributed by atoms with van der Waals surface area (Å²) in [6, 6.07) is 1.81. The summed E-state index contributed by atoms with van der Waals surface area (Å²) in [7, 11) is 0. The van der Waals surface area contributed by atoms with Crippen molar-refractivity contribution in [3.05, 3.63) is 70.8 Å². The van der Waals surface area contributed by atoms with Crippen LogP contribution in [-0.2, 0) is 15.8 Å². The summed E-state index contributed by atoms with van der Waals surface area (Å²) in [4.78, 5) is 24.8. The van der Waals surface area contributed by atoms with Crippen molar-refractivity contribution in [3.8, 4) is 0 Å². The van der Waals surface area contributed by atoms with E-state index in [2.05, 4.69) is 10.6 Å². The van der Waals surface area contributed by atoms with Gasteiger partial charge in [-0.1, -0.05) is 42.9 Å². The molecule has 184 valence electrons. The van der Waals surface area contributed by atoms with Gasteiger partial charge in [-0.2, -0.15) is 13.2 Å². The van der Waals surface area contributed by atoms with Crippen LogP contribution < -0.4 is 10.6 Å². The second-order valence-electron chi connectivity index (χ2n) is 9.31. The molecule has 2 N–H and O–H groups in total. The fourth-order valence-electron chi connectivity index (χ4n) is 3.87. The van der Waals surface area contributed by atoms with E-state index < -0.39 is 35.0 Å². The molecule has 3 rings (SSSR count). The first-order chi connectivity index (χ1) is 15.7. The lowest BCUT2D eigenvalue weighted by molar-refractivity contribution is -0.137. The predicted octanol–water partition coefficient (Wildman–Crippen LogP) is 5.64. The Morgan fingerprint density at radius 2 is 1.85 bits per heavy atom. The van der Waals surface area contributed by atoms with Crippen molar-refractivity contribution in [2.75, 3.05) is 0 Å². The number of carbonyl (C=O) groups is 2. The highest BCUT2D eigenvalue weighted by Gasteiger charge is 2.38. The van der Waals surface area contributed by atoms with Gasteiger partial charge in [0.1, 0.15) is 6.04 Å². The summed E-state index contributed by atoms with van der Waals surface area (Å²) in [6.07, 6.45) is 3.77. The Balaban J connectivity index is 1.71. The molecule has 0 bridgehead atoms. The molecule has 2 aliphatic rings. The largest absolute Gasteiger partial charge is 0.416 e. The first kappa shape index (κ1) is 25.6. The molecule has 0 spiro atoms. The van der Waals surface area contributed by atoms with Crippen LogP contribution in [0.2, 0.25) is 0 Å². The van der Waals surface area contributed by atoms with E-state index >= 15 is 0 Å². The Hall–Kier alpha value is -2.97. The molecule has 0 aromatic heterocycles. The Morgan fingerprint density at radius 3 is 2.41 bits per heavy atom. The summed E-state index contributed by atoms with van der Waals surface area (Å²) >= 11 is 0. The summed E-state index contributed by atoms with van der Waals surface area (Å²) in [5, 5.41) is 5.06. The van der Waals surface area contributed by atoms with Gasteiger partial charge >= 0.3 is 6.18 Å². The highest BCUT2D eigenvalue weighted by Crippen LogP contribution is 2.37.